The molecule has 0 atom stereocenters. The van der Waals surface area contributed by atoms with Gasteiger partial charge in [0.2, 0.25) is 5.91 Å². The van der Waals surface area contributed by atoms with Crippen molar-refractivity contribution in [3.63, 3.8) is 0 Å². The van der Waals surface area contributed by atoms with Gasteiger partial charge in [-0.05, 0) is 30.5 Å². The number of nitrogens with one attached hydrogen (secondary N) is 2. The Morgan fingerprint density at radius 3 is 2.43 bits per heavy atom. The number of amides is 2. The molecule has 0 aliphatic carbocycles. The molecular weight excluding hydrogens is 320 g/mol. The van der Waals surface area contributed by atoms with Gasteiger partial charge in [-0.15, -0.1) is 0 Å². The van der Waals surface area contributed by atoms with Crippen LogP contribution in [0.4, 0.5) is 5.69 Å². The molecule has 0 saturated heterocycles. The third-order valence-electron chi connectivity index (χ3n) is 3.11. The number of carboxylic acid groups (broad SMARTS) is 1. The molecule has 0 heterocycles. The number of aliphatic carboxylic acids is 1. The molecule has 1 rings (SSSR count). The van der Waals surface area contributed by atoms with Crippen LogP contribution in [0.1, 0.15) is 44.0 Å². The Bertz CT molecular complexity index is 614. The van der Waals surface area contributed by atoms with Crippen molar-refractivity contribution < 1.29 is 19.5 Å². The van der Waals surface area contributed by atoms with Gasteiger partial charge in [0, 0.05) is 18.0 Å². The summed E-state index contributed by atoms with van der Waals surface area (Å²) in [5, 5.41) is 14.5. The lowest BCUT2D eigenvalue weighted by Gasteiger charge is -2.22. The molecule has 0 bridgehead atoms. The number of anilines is 1. The molecule has 0 unspecified atom stereocenters. The number of halogens is 1. The molecule has 0 aliphatic rings. The molecule has 0 fully saturated rings. The maximum absolute atomic E-state index is 12.2. The fourth-order valence-electron chi connectivity index (χ4n) is 2.17. The van der Waals surface area contributed by atoms with Crippen LogP contribution in [-0.4, -0.2) is 29.4 Å². The predicted molar refractivity (Wildman–Crippen MR) is 88.7 cm³/mol. The normalized spacial score (nSPS) is 11.0. The Hall–Kier alpha value is -2.08. The van der Waals surface area contributed by atoms with Gasteiger partial charge in [0.05, 0.1) is 17.7 Å². The number of rotatable bonds is 7. The van der Waals surface area contributed by atoms with Crippen LogP contribution in [0.2, 0.25) is 5.02 Å². The van der Waals surface area contributed by atoms with Gasteiger partial charge in [-0.25, -0.2) is 0 Å². The minimum Gasteiger partial charge on any atom is -0.481 e. The largest absolute Gasteiger partial charge is 0.481 e. The SMILES string of the molecule is CCNC(=O)c1cc(Cl)ccc1NC(=O)CC(C)(C)CC(=O)O. The lowest BCUT2D eigenvalue weighted by Crippen LogP contribution is -2.27. The van der Waals surface area contributed by atoms with Gasteiger partial charge in [-0.1, -0.05) is 25.4 Å². The van der Waals surface area contributed by atoms with E-state index in [1.165, 1.54) is 6.07 Å². The molecule has 0 radical (unpaired) electrons. The van der Waals surface area contributed by atoms with Gasteiger partial charge in [0.15, 0.2) is 0 Å². The van der Waals surface area contributed by atoms with Gasteiger partial charge >= 0.3 is 5.97 Å². The zero-order valence-corrected chi connectivity index (χ0v) is 14.2. The third-order valence-corrected chi connectivity index (χ3v) is 3.34. The fraction of sp³-hybridized carbons (Fsp3) is 0.438. The van der Waals surface area contributed by atoms with E-state index in [2.05, 4.69) is 10.6 Å². The molecule has 3 N–H and O–H groups in total. The van der Waals surface area contributed by atoms with Gasteiger partial charge in [-0.2, -0.15) is 0 Å². The smallest absolute Gasteiger partial charge is 0.303 e. The molecule has 0 aliphatic heterocycles. The Morgan fingerprint density at radius 2 is 1.87 bits per heavy atom. The first-order valence-electron chi connectivity index (χ1n) is 7.24. The van der Waals surface area contributed by atoms with Gasteiger partial charge in [0.1, 0.15) is 0 Å². The summed E-state index contributed by atoms with van der Waals surface area (Å²) >= 11 is 5.90. The average molecular weight is 341 g/mol. The molecule has 6 nitrogen and oxygen atoms in total. The van der Waals surface area contributed by atoms with Crippen LogP contribution in [0.15, 0.2) is 18.2 Å². The second-order valence-corrected chi connectivity index (χ2v) is 6.45. The Balaban J connectivity index is 2.90. The standard InChI is InChI=1S/C16H21ClN2O4/c1-4-18-15(23)11-7-10(17)5-6-12(11)19-13(20)8-16(2,3)9-14(21)22/h5-7H,4,8-9H2,1-3H3,(H,18,23)(H,19,20)(H,21,22). The van der Waals surface area contributed by atoms with E-state index < -0.39 is 11.4 Å². The van der Waals surface area contributed by atoms with Crippen LogP contribution >= 0.6 is 11.6 Å². The van der Waals surface area contributed by atoms with Crippen LogP contribution in [0.5, 0.6) is 0 Å². The van der Waals surface area contributed by atoms with Crippen molar-refractivity contribution in [1.29, 1.82) is 0 Å². The van der Waals surface area contributed by atoms with Gasteiger partial charge < -0.3 is 15.7 Å². The average Bonchev–Trinajstić information content (AvgIpc) is 2.38. The van der Waals surface area contributed by atoms with Crippen molar-refractivity contribution in [3.05, 3.63) is 28.8 Å². The highest BCUT2D eigenvalue weighted by atomic mass is 35.5. The summed E-state index contributed by atoms with van der Waals surface area (Å²) in [7, 11) is 0. The molecule has 0 aromatic heterocycles. The predicted octanol–water partition coefficient (Wildman–Crippen LogP) is 2.92. The van der Waals surface area contributed by atoms with Gasteiger partial charge in [-0.3, -0.25) is 14.4 Å². The van der Waals surface area contributed by atoms with Crippen molar-refractivity contribution in [1.82, 2.24) is 5.32 Å². The summed E-state index contributed by atoms with van der Waals surface area (Å²) < 4.78 is 0. The molecule has 2 amide bonds. The fourth-order valence-corrected chi connectivity index (χ4v) is 2.34. The summed E-state index contributed by atoms with van der Waals surface area (Å²) in [5.74, 6) is -1.66. The Labute approximate surface area is 140 Å². The number of benzene rings is 1. The summed E-state index contributed by atoms with van der Waals surface area (Å²) in [4.78, 5) is 35.0. The quantitative estimate of drug-likeness (QED) is 0.711. The molecule has 126 valence electrons. The van der Waals surface area contributed by atoms with Crippen LogP contribution in [0, 0.1) is 5.41 Å². The van der Waals surface area contributed by atoms with Gasteiger partial charge in [0.25, 0.3) is 5.91 Å². The molecular formula is C16H21ClN2O4. The molecule has 7 heteroatoms. The Kier molecular flexibility index (Phi) is 6.57. The first-order chi connectivity index (χ1) is 10.6. The number of carbonyl (C=O) groups is 3. The molecule has 0 spiro atoms. The van der Waals surface area contributed by atoms with Crippen molar-refractivity contribution in [2.45, 2.75) is 33.6 Å². The maximum Gasteiger partial charge on any atom is 0.303 e. The zero-order chi connectivity index (χ0) is 17.6. The lowest BCUT2D eigenvalue weighted by molar-refractivity contribution is -0.139. The summed E-state index contributed by atoms with van der Waals surface area (Å²) in [6.45, 7) is 5.64. The van der Waals surface area contributed by atoms with Crippen LogP contribution in [0.25, 0.3) is 0 Å². The second kappa shape index (κ2) is 7.97. The monoisotopic (exact) mass is 340 g/mol. The van der Waals surface area contributed by atoms with Crippen LogP contribution in [0.3, 0.4) is 0 Å². The van der Waals surface area contributed by atoms with E-state index in [-0.39, 0.29) is 30.2 Å². The van der Waals surface area contributed by atoms with E-state index in [0.29, 0.717) is 17.3 Å². The van der Waals surface area contributed by atoms with E-state index in [0.717, 1.165) is 0 Å². The van der Waals surface area contributed by atoms with Crippen molar-refractivity contribution >= 4 is 35.1 Å². The van der Waals surface area contributed by atoms with E-state index >= 15 is 0 Å². The third kappa shape index (κ3) is 6.28. The maximum atomic E-state index is 12.2. The van der Waals surface area contributed by atoms with E-state index in [1.54, 1.807) is 32.9 Å². The minimum absolute atomic E-state index is 0.0246. The molecule has 1 aromatic carbocycles. The van der Waals surface area contributed by atoms with E-state index in [4.69, 9.17) is 16.7 Å². The minimum atomic E-state index is -0.961. The van der Waals surface area contributed by atoms with E-state index in [9.17, 15) is 14.4 Å². The van der Waals surface area contributed by atoms with Crippen molar-refractivity contribution in [2.75, 3.05) is 11.9 Å². The van der Waals surface area contributed by atoms with E-state index in [1.807, 2.05) is 0 Å². The highest BCUT2D eigenvalue weighted by Gasteiger charge is 2.26. The molecule has 23 heavy (non-hydrogen) atoms. The summed E-state index contributed by atoms with van der Waals surface area (Å²) in [6.07, 6.45) is -0.0963. The van der Waals surface area contributed by atoms with Crippen LogP contribution in [-0.2, 0) is 9.59 Å². The zero-order valence-electron chi connectivity index (χ0n) is 13.4. The first kappa shape index (κ1) is 19.0. The first-order valence-corrected chi connectivity index (χ1v) is 7.62. The highest BCUT2D eigenvalue weighted by molar-refractivity contribution is 6.31. The number of carbonyl (C=O) groups excluding carboxylic acids is 2. The molecule has 0 saturated carbocycles. The summed E-state index contributed by atoms with van der Waals surface area (Å²) in [6, 6.07) is 4.60. The number of hydrogen-bond acceptors (Lipinski definition) is 3. The lowest BCUT2D eigenvalue weighted by atomic mass is 9.85. The van der Waals surface area contributed by atoms with Crippen LogP contribution < -0.4 is 10.6 Å². The van der Waals surface area contributed by atoms with Crippen molar-refractivity contribution in [2.24, 2.45) is 5.41 Å². The summed E-state index contributed by atoms with van der Waals surface area (Å²) in [5.41, 5.74) is -0.0750. The van der Waals surface area contributed by atoms with Crippen molar-refractivity contribution in [3.8, 4) is 0 Å². The number of carboxylic acids is 1. The number of hydrogen-bond donors (Lipinski definition) is 3. The molecule has 1 aromatic rings. The second-order valence-electron chi connectivity index (χ2n) is 6.01. The topological polar surface area (TPSA) is 95.5 Å². The highest BCUT2D eigenvalue weighted by Crippen LogP contribution is 2.27. The Morgan fingerprint density at radius 1 is 1.22 bits per heavy atom.